The number of hydrogen-bond donors (Lipinski definition) is 0. The maximum Gasteiger partial charge on any atom is 0.235 e. The van der Waals surface area contributed by atoms with Crippen LogP contribution in [-0.2, 0) is 0 Å². The van der Waals surface area contributed by atoms with E-state index >= 15 is 0 Å². The second-order valence-corrected chi connectivity index (χ2v) is 15.0. The molecule has 58 heavy (non-hydrogen) atoms. The van der Waals surface area contributed by atoms with Gasteiger partial charge in [0.05, 0.1) is 33.3 Å². The van der Waals surface area contributed by atoms with Gasteiger partial charge in [-0.15, -0.1) is 0 Å². The lowest BCUT2D eigenvalue weighted by Gasteiger charge is -2.13. The van der Waals surface area contributed by atoms with Gasteiger partial charge in [0.25, 0.3) is 0 Å². The van der Waals surface area contributed by atoms with Gasteiger partial charge in [-0.3, -0.25) is 4.57 Å². The fourth-order valence-corrected chi connectivity index (χ4v) is 9.13. The predicted molar refractivity (Wildman–Crippen MR) is 242 cm³/mol. The first-order chi connectivity index (χ1) is 28.8. The van der Waals surface area contributed by atoms with Gasteiger partial charge in [-0.1, -0.05) is 164 Å². The minimum Gasteiger partial charge on any atom is -0.309 e. The summed E-state index contributed by atoms with van der Waals surface area (Å²) in [5.74, 6) is 0.647. The van der Waals surface area contributed by atoms with Crippen LogP contribution in [0.15, 0.2) is 206 Å². The van der Waals surface area contributed by atoms with E-state index in [9.17, 15) is 0 Å². The summed E-state index contributed by atoms with van der Waals surface area (Å²) in [4.78, 5) is 10.9. The van der Waals surface area contributed by atoms with Crippen molar-refractivity contribution in [3.05, 3.63) is 206 Å². The molecule has 0 unspecified atom stereocenters. The molecule has 270 valence electrons. The lowest BCUT2D eigenvalue weighted by Crippen LogP contribution is -2.04. The predicted octanol–water partition coefficient (Wildman–Crippen LogP) is 14.0. The van der Waals surface area contributed by atoms with Crippen molar-refractivity contribution >= 4 is 65.3 Å². The zero-order chi connectivity index (χ0) is 38.2. The Morgan fingerprint density at radius 3 is 1.71 bits per heavy atom. The van der Waals surface area contributed by atoms with Gasteiger partial charge < -0.3 is 4.57 Å². The highest BCUT2D eigenvalue weighted by molar-refractivity contribution is 6.31. The number of hydrogen-bond acceptors (Lipinski definition) is 2. The van der Waals surface area contributed by atoms with E-state index in [-0.39, 0.29) is 0 Å². The second-order valence-electron chi connectivity index (χ2n) is 15.0. The van der Waals surface area contributed by atoms with E-state index in [1.807, 2.05) is 0 Å². The molecule has 0 fully saturated rings. The lowest BCUT2D eigenvalue weighted by atomic mass is 10.00. The molecule has 4 heteroatoms. The summed E-state index contributed by atoms with van der Waals surface area (Å²) in [6, 6.07) is 73.7. The Hall–Kier alpha value is -7.82. The van der Waals surface area contributed by atoms with Crippen molar-refractivity contribution in [2.24, 2.45) is 0 Å². The number of rotatable bonds is 5. The fraction of sp³-hybridized carbons (Fsp3) is 0. The summed E-state index contributed by atoms with van der Waals surface area (Å²) in [7, 11) is 0. The van der Waals surface area contributed by atoms with Gasteiger partial charge in [-0.25, -0.2) is 9.97 Å². The Morgan fingerprint density at radius 1 is 0.328 bits per heavy atom. The summed E-state index contributed by atoms with van der Waals surface area (Å²) in [5, 5.41) is 8.14. The summed E-state index contributed by atoms with van der Waals surface area (Å²) in [6.07, 6.45) is 0. The van der Waals surface area contributed by atoms with Crippen molar-refractivity contribution in [3.63, 3.8) is 0 Å². The largest absolute Gasteiger partial charge is 0.309 e. The molecule has 0 aliphatic rings. The van der Waals surface area contributed by atoms with E-state index in [1.54, 1.807) is 0 Å². The van der Waals surface area contributed by atoms with Crippen molar-refractivity contribution in [1.29, 1.82) is 0 Å². The molecule has 0 N–H and O–H groups in total. The maximum atomic E-state index is 5.54. The molecule has 0 amide bonds. The van der Waals surface area contributed by atoms with E-state index in [1.165, 1.54) is 49.1 Å². The van der Waals surface area contributed by atoms with E-state index < -0.39 is 0 Å². The molecule has 0 aliphatic carbocycles. The Morgan fingerprint density at radius 2 is 0.914 bits per heavy atom. The van der Waals surface area contributed by atoms with Crippen LogP contribution in [0.4, 0.5) is 0 Å². The van der Waals surface area contributed by atoms with Crippen LogP contribution < -0.4 is 0 Å². The zero-order valence-corrected chi connectivity index (χ0v) is 31.4. The third-order valence-corrected chi connectivity index (χ3v) is 11.7. The Balaban J connectivity index is 1.18. The van der Waals surface area contributed by atoms with Crippen molar-refractivity contribution in [3.8, 4) is 45.1 Å². The molecule has 0 atom stereocenters. The van der Waals surface area contributed by atoms with Gasteiger partial charge in [0.2, 0.25) is 5.95 Å². The molecule has 3 heterocycles. The van der Waals surface area contributed by atoms with Crippen LogP contribution in [0.25, 0.3) is 110 Å². The molecule has 0 radical (unpaired) electrons. The standard InChI is InChI=1S/C54H34N4/c1-3-15-35(16-4-1)38-20-13-22-40(33-38)52-43-25-9-11-27-46(43)55-54(56-52)58-49-32-31-48-50(51(49)45-30-29-37-19-7-8-24-42(37)53(45)58)44-26-10-12-28-47(44)57(48)41-23-14-21-39(34-41)36-17-5-2-6-18-36/h1-34H. The molecule has 0 spiro atoms. The van der Waals surface area contributed by atoms with E-state index in [4.69, 9.17) is 9.97 Å². The third-order valence-electron chi connectivity index (χ3n) is 11.7. The molecular formula is C54H34N4. The van der Waals surface area contributed by atoms with E-state index in [2.05, 4.69) is 215 Å². The van der Waals surface area contributed by atoms with Crippen LogP contribution in [0.2, 0.25) is 0 Å². The average molecular weight is 739 g/mol. The molecule has 0 saturated heterocycles. The van der Waals surface area contributed by atoms with Gasteiger partial charge >= 0.3 is 0 Å². The number of aromatic nitrogens is 4. The van der Waals surface area contributed by atoms with Crippen LogP contribution in [0, 0.1) is 0 Å². The monoisotopic (exact) mass is 738 g/mol. The molecular weight excluding hydrogens is 705 g/mol. The topological polar surface area (TPSA) is 35.6 Å². The minimum atomic E-state index is 0.647. The maximum absolute atomic E-state index is 5.54. The highest BCUT2D eigenvalue weighted by atomic mass is 15.2. The highest BCUT2D eigenvalue weighted by Gasteiger charge is 2.24. The molecule has 12 aromatic rings. The highest BCUT2D eigenvalue weighted by Crippen LogP contribution is 2.44. The third kappa shape index (κ3) is 4.95. The Kier molecular flexibility index (Phi) is 7.20. The van der Waals surface area contributed by atoms with Gasteiger partial charge in [-0.05, 0) is 70.1 Å². The van der Waals surface area contributed by atoms with Gasteiger partial charge in [-0.2, -0.15) is 0 Å². The molecule has 0 bridgehead atoms. The summed E-state index contributed by atoms with van der Waals surface area (Å²) >= 11 is 0. The molecule has 0 aliphatic heterocycles. The first-order valence-electron chi connectivity index (χ1n) is 19.8. The molecule has 9 aromatic carbocycles. The van der Waals surface area contributed by atoms with Crippen LogP contribution in [0.5, 0.6) is 0 Å². The van der Waals surface area contributed by atoms with E-state index in [0.29, 0.717) is 5.95 Å². The van der Waals surface area contributed by atoms with Crippen LogP contribution in [0.1, 0.15) is 0 Å². The number of benzene rings is 9. The minimum absolute atomic E-state index is 0.647. The zero-order valence-electron chi connectivity index (χ0n) is 31.4. The van der Waals surface area contributed by atoms with Crippen molar-refractivity contribution < 1.29 is 0 Å². The van der Waals surface area contributed by atoms with Crippen LogP contribution in [0.3, 0.4) is 0 Å². The van der Waals surface area contributed by atoms with Crippen molar-refractivity contribution in [2.45, 2.75) is 0 Å². The summed E-state index contributed by atoms with van der Waals surface area (Å²) in [6.45, 7) is 0. The fourth-order valence-electron chi connectivity index (χ4n) is 9.13. The number of nitrogens with zero attached hydrogens (tertiary/aromatic N) is 4. The molecule has 0 saturated carbocycles. The first kappa shape index (κ1) is 32.4. The molecule has 12 rings (SSSR count). The SMILES string of the molecule is c1ccc(-c2cccc(-c3nc(-n4c5ccc6c(c7ccccc7n6-c6cccc(-c7ccccc7)c6)c5c5ccc6ccccc6c54)nc4ccccc34)c2)cc1. The normalized spacial score (nSPS) is 11.8. The number of fused-ring (bicyclic) bond motifs is 10. The van der Waals surface area contributed by atoms with Gasteiger partial charge in [0, 0.05) is 43.6 Å². The number of para-hydroxylation sites is 2. The van der Waals surface area contributed by atoms with Crippen molar-refractivity contribution in [1.82, 2.24) is 19.1 Å². The summed E-state index contributed by atoms with van der Waals surface area (Å²) < 4.78 is 4.73. The molecule has 4 nitrogen and oxygen atoms in total. The van der Waals surface area contributed by atoms with Gasteiger partial charge in [0.15, 0.2) is 0 Å². The average Bonchev–Trinajstić information content (AvgIpc) is 3.82. The second kappa shape index (κ2) is 12.9. The Labute approximate surface area is 334 Å². The quantitative estimate of drug-likeness (QED) is 0.176. The van der Waals surface area contributed by atoms with Crippen LogP contribution in [-0.4, -0.2) is 19.1 Å². The van der Waals surface area contributed by atoms with E-state index in [0.717, 1.165) is 55.3 Å². The first-order valence-corrected chi connectivity index (χ1v) is 19.8. The lowest BCUT2D eigenvalue weighted by molar-refractivity contribution is 1.02. The molecule has 3 aromatic heterocycles. The summed E-state index contributed by atoms with van der Waals surface area (Å²) in [5.41, 5.74) is 13.2. The Bertz CT molecular complexity index is 3560. The van der Waals surface area contributed by atoms with Crippen LogP contribution >= 0.6 is 0 Å². The van der Waals surface area contributed by atoms with Gasteiger partial charge in [0.1, 0.15) is 0 Å². The smallest absolute Gasteiger partial charge is 0.235 e. The van der Waals surface area contributed by atoms with Crippen molar-refractivity contribution in [2.75, 3.05) is 0 Å².